The van der Waals surface area contributed by atoms with Gasteiger partial charge in [-0.25, -0.2) is 0 Å². The zero-order valence-corrected chi connectivity index (χ0v) is 13.4. The predicted octanol–water partition coefficient (Wildman–Crippen LogP) is 4.78. The van der Waals surface area contributed by atoms with Crippen molar-refractivity contribution in [3.05, 3.63) is 59.7 Å². The molecule has 0 radical (unpaired) electrons. The van der Waals surface area contributed by atoms with Gasteiger partial charge in [-0.05, 0) is 42.0 Å². The third-order valence-electron chi connectivity index (χ3n) is 4.31. The van der Waals surface area contributed by atoms with Gasteiger partial charge in [0.2, 0.25) is 0 Å². The van der Waals surface area contributed by atoms with Gasteiger partial charge in [0.1, 0.15) is 0 Å². The second-order valence-corrected chi connectivity index (χ2v) is 6.37. The summed E-state index contributed by atoms with van der Waals surface area (Å²) in [6.07, 6.45) is 0.397. The summed E-state index contributed by atoms with van der Waals surface area (Å²) in [5.74, 6) is 0.382. The van der Waals surface area contributed by atoms with E-state index in [1.807, 2.05) is 13.8 Å². The molecule has 0 fully saturated rings. The van der Waals surface area contributed by atoms with Crippen LogP contribution in [0.4, 0.5) is 0 Å². The van der Waals surface area contributed by atoms with Crippen molar-refractivity contribution in [1.82, 2.24) is 0 Å². The average Bonchev–Trinajstić information content (AvgIpc) is 2.80. The zero-order valence-electron chi connectivity index (χ0n) is 13.4. The second-order valence-electron chi connectivity index (χ2n) is 6.37. The van der Waals surface area contributed by atoms with E-state index in [9.17, 15) is 4.79 Å². The lowest BCUT2D eigenvalue weighted by Gasteiger charge is -2.21. The zero-order chi connectivity index (χ0) is 15.7. The smallest absolute Gasteiger partial charge is 0.306 e. The lowest BCUT2D eigenvalue weighted by molar-refractivity contribution is -0.148. The molecule has 1 unspecified atom stereocenters. The average molecular weight is 294 g/mol. The van der Waals surface area contributed by atoms with Crippen molar-refractivity contribution in [2.24, 2.45) is 5.92 Å². The molecule has 2 aromatic rings. The minimum atomic E-state index is -0.107. The fourth-order valence-electron chi connectivity index (χ4n) is 3.50. The molecule has 0 N–H and O–H groups in total. The van der Waals surface area contributed by atoms with Crippen LogP contribution in [0.1, 0.15) is 44.2 Å². The lowest BCUT2D eigenvalue weighted by atomic mass is 9.83. The van der Waals surface area contributed by atoms with Crippen LogP contribution in [0.5, 0.6) is 0 Å². The third-order valence-corrected chi connectivity index (χ3v) is 4.31. The van der Waals surface area contributed by atoms with Gasteiger partial charge in [0.25, 0.3) is 0 Å². The van der Waals surface area contributed by atoms with Crippen LogP contribution in [0.3, 0.4) is 0 Å². The van der Waals surface area contributed by atoms with Gasteiger partial charge in [-0.2, -0.15) is 0 Å². The fourth-order valence-corrected chi connectivity index (χ4v) is 3.50. The van der Waals surface area contributed by atoms with Crippen molar-refractivity contribution in [2.75, 3.05) is 0 Å². The Morgan fingerprint density at radius 3 is 1.95 bits per heavy atom. The summed E-state index contributed by atoms with van der Waals surface area (Å²) in [6, 6.07) is 17.0. The normalized spacial score (nSPS) is 14.5. The van der Waals surface area contributed by atoms with Gasteiger partial charge in [0.15, 0.2) is 0 Å². The highest BCUT2D eigenvalue weighted by Gasteiger charge is 2.33. The van der Waals surface area contributed by atoms with Crippen LogP contribution in [-0.4, -0.2) is 12.1 Å². The molecule has 114 valence electrons. The summed E-state index contributed by atoms with van der Waals surface area (Å²) >= 11 is 0. The van der Waals surface area contributed by atoms with Crippen LogP contribution < -0.4 is 0 Å². The highest BCUT2D eigenvalue weighted by atomic mass is 16.5. The van der Waals surface area contributed by atoms with Crippen molar-refractivity contribution in [3.8, 4) is 11.1 Å². The summed E-state index contributed by atoms with van der Waals surface area (Å²) in [5.41, 5.74) is 5.25. The molecule has 1 atom stereocenters. The van der Waals surface area contributed by atoms with Crippen molar-refractivity contribution >= 4 is 5.97 Å². The number of carbonyl (C=O) groups excluding carboxylic acids is 1. The lowest BCUT2D eigenvalue weighted by Crippen LogP contribution is -2.18. The van der Waals surface area contributed by atoms with Gasteiger partial charge in [-0.15, -0.1) is 0 Å². The summed E-state index contributed by atoms with van der Waals surface area (Å²) in [6.45, 7) is 5.93. The molecule has 0 saturated heterocycles. The van der Waals surface area contributed by atoms with E-state index < -0.39 is 0 Å². The minimum Gasteiger partial charge on any atom is -0.463 e. The van der Waals surface area contributed by atoms with Crippen LogP contribution in [0, 0.1) is 5.92 Å². The van der Waals surface area contributed by atoms with Crippen LogP contribution in [0.2, 0.25) is 0 Å². The molecule has 1 aliphatic carbocycles. The Labute approximate surface area is 132 Å². The van der Waals surface area contributed by atoms with Crippen molar-refractivity contribution in [1.29, 1.82) is 0 Å². The number of benzene rings is 2. The first-order valence-corrected chi connectivity index (χ1v) is 7.95. The molecule has 3 rings (SSSR count). The summed E-state index contributed by atoms with van der Waals surface area (Å²) in [4.78, 5) is 12.0. The van der Waals surface area contributed by atoms with Gasteiger partial charge in [0.05, 0.1) is 6.10 Å². The van der Waals surface area contributed by atoms with E-state index >= 15 is 0 Å². The highest BCUT2D eigenvalue weighted by molar-refractivity contribution is 5.79. The minimum absolute atomic E-state index is 0.0529. The number of fused-ring (bicyclic) bond motifs is 3. The van der Waals surface area contributed by atoms with Gasteiger partial charge >= 0.3 is 5.97 Å². The molecule has 0 saturated carbocycles. The number of ether oxygens (including phenoxy) is 1. The molecular formula is C20H22O2. The molecule has 0 aromatic heterocycles. The van der Waals surface area contributed by atoms with Crippen LogP contribution in [0.15, 0.2) is 48.5 Å². The molecule has 22 heavy (non-hydrogen) atoms. The van der Waals surface area contributed by atoms with Crippen LogP contribution in [0.25, 0.3) is 11.1 Å². The Hall–Kier alpha value is -2.09. The number of hydrogen-bond donors (Lipinski definition) is 0. The van der Waals surface area contributed by atoms with E-state index in [0.29, 0.717) is 6.42 Å². The second kappa shape index (κ2) is 5.96. The number of esters is 1. The maximum Gasteiger partial charge on any atom is 0.306 e. The largest absolute Gasteiger partial charge is 0.463 e. The fraction of sp³-hybridized carbons (Fsp3) is 0.350. The summed E-state index contributed by atoms with van der Waals surface area (Å²) < 4.78 is 5.32. The van der Waals surface area contributed by atoms with Gasteiger partial charge in [-0.3, -0.25) is 4.79 Å². The topological polar surface area (TPSA) is 26.3 Å². The molecule has 2 aromatic carbocycles. The van der Waals surface area contributed by atoms with Crippen molar-refractivity contribution in [3.63, 3.8) is 0 Å². The summed E-state index contributed by atoms with van der Waals surface area (Å²) in [5, 5.41) is 0. The van der Waals surface area contributed by atoms with Crippen LogP contribution >= 0.6 is 0 Å². The maximum atomic E-state index is 12.0. The number of carbonyl (C=O) groups is 1. The Balaban J connectivity index is 1.92. The first kappa shape index (κ1) is 14.8. The molecule has 0 amide bonds. The highest BCUT2D eigenvalue weighted by Crippen LogP contribution is 2.48. The SMILES string of the molecule is CC(C)OC(=O)CC(C)C1c2ccccc2-c2ccccc21. The summed E-state index contributed by atoms with van der Waals surface area (Å²) in [7, 11) is 0. The van der Waals surface area contributed by atoms with Crippen LogP contribution in [-0.2, 0) is 9.53 Å². The van der Waals surface area contributed by atoms with Crippen molar-refractivity contribution in [2.45, 2.75) is 39.2 Å². The molecule has 2 nitrogen and oxygen atoms in total. The van der Waals surface area contributed by atoms with Gasteiger partial charge in [0, 0.05) is 12.3 Å². The Kier molecular flexibility index (Phi) is 4.02. The molecule has 0 spiro atoms. The maximum absolute atomic E-state index is 12.0. The molecule has 0 aliphatic heterocycles. The molecular weight excluding hydrogens is 272 g/mol. The first-order valence-electron chi connectivity index (χ1n) is 7.95. The monoisotopic (exact) mass is 294 g/mol. The Morgan fingerprint density at radius 1 is 0.955 bits per heavy atom. The molecule has 2 heteroatoms. The van der Waals surface area contributed by atoms with E-state index in [1.54, 1.807) is 0 Å². The van der Waals surface area contributed by atoms with Crippen molar-refractivity contribution < 1.29 is 9.53 Å². The van der Waals surface area contributed by atoms with Gasteiger partial charge < -0.3 is 4.74 Å². The number of rotatable bonds is 4. The van der Waals surface area contributed by atoms with E-state index in [0.717, 1.165) is 0 Å². The molecule has 0 heterocycles. The van der Waals surface area contributed by atoms with E-state index in [1.165, 1.54) is 22.3 Å². The standard InChI is InChI=1S/C20H22O2/c1-13(2)22-19(21)12-14(3)20-17-10-6-4-8-15(17)16-9-5-7-11-18(16)20/h4-11,13-14,20H,12H2,1-3H3. The third kappa shape index (κ3) is 2.66. The first-order chi connectivity index (χ1) is 10.6. The number of hydrogen-bond acceptors (Lipinski definition) is 2. The van der Waals surface area contributed by atoms with E-state index in [2.05, 4.69) is 55.5 Å². The molecule has 1 aliphatic rings. The predicted molar refractivity (Wildman–Crippen MR) is 88.7 cm³/mol. The van der Waals surface area contributed by atoms with Gasteiger partial charge in [-0.1, -0.05) is 55.5 Å². The Bertz CT molecular complexity index is 642. The quantitative estimate of drug-likeness (QED) is 0.759. The Morgan fingerprint density at radius 2 is 1.45 bits per heavy atom. The molecule has 0 bridgehead atoms. The van der Waals surface area contributed by atoms with E-state index in [-0.39, 0.29) is 23.9 Å². The van der Waals surface area contributed by atoms with E-state index in [4.69, 9.17) is 4.74 Å².